The average molecular weight is 275 g/mol. The largest absolute Gasteiger partial charge is 0.481 e. The number of hydrogen-bond donors (Lipinski definition) is 1. The average Bonchev–Trinajstić information content (AvgIpc) is 2.71. The lowest BCUT2D eigenvalue weighted by atomic mass is 9.93. The van der Waals surface area contributed by atoms with Crippen LogP contribution in [-0.2, 0) is 11.3 Å². The summed E-state index contributed by atoms with van der Waals surface area (Å²) in [6, 6.07) is 10.5. The maximum atomic E-state index is 11.6. The summed E-state index contributed by atoms with van der Waals surface area (Å²) in [5.41, 5.74) is 1.27. The zero-order valence-electron chi connectivity index (χ0n) is 12.3. The highest BCUT2D eigenvalue weighted by Crippen LogP contribution is 2.28. The van der Waals surface area contributed by atoms with Gasteiger partial charge in [-0.15, -0.1) is 0 Å². The number of carbonyl (C=O) groups is 1. The predicted octanol–water partition coefficient (Wildman–Crippen LogP) is 3.54. The first-order valence-corrected chi connectivity index (χ1v) is 7.73. The van der Waals surface area contributed by atoms with Gasteiger partial charge in [-0.1, -0.05) is 56.5 Å². The van der Waals surface area contributed by atoms with E-state index < -0.39 is 5.97 Å². The highest BCUT2D eigenvalue weighted by atomic mass is 16.4. The molecule has 3 heteroatoms. The first-order valence-electron chi connectivity index (χ1n) is 7.73. The third kappa shape index (κ3) is 3.83. The molecule has 1 aromatic carbocycles. The Bertz CT molecular complexity index is 418. The molecule has 0 radical (unpaired) electrons. The number of nitrogens with zero attached hydrogens (tertiary/aromatic N) is 1. The molecule has 0 aromatic heterocycles. The van der Waals surface area contributed by atoms with Crippen molar-refractivity contribution in [2.45, 2.75) is 51.6 Å². The van der Waals surface area contributed by atoms with Gasteiger partial charge in [-0.25, -0.2) is 0 Å². The normalized spacial score (nSPS) is 23.5. The quantitative estimate of drug-likeness (QED) is 0.836. The van der Waals surface area contributed by atoms with Crippen LogP contribution in [0.15, 0.2) is 30.3 Å². The van der Waals surface area contributed by atoms with E-state index >= 15 is 0 Å². The van der Waals surface area contributed by atoms with E-state index in [1.54, 1.807) is 0 Å². The number of rotatable bonds is 5. The van der Waals surface area contributed by atoms with Crippen LogP contribution in [0.4, 0.5) is 0 Å². The number of hydrogen-bond acceptors (Lipinski definition) is 2. The molecule has 1 aliphatic carbocycles. The van der Waals surface area contributed by atoms with Crippen molar-refractivity contribution in [1.82, 2.24) is 4.90 Å². The molecule has 1 fully saturated rings. The molecule has 0 saturated heterocycles. The van der Waals surface area contributed by atoms with Gasteiger partial charge in [0.15, 0.2) is 0 Å². The SMILES string of the molecule is CCN(Cc1ccccc1)C1CCCCCC1C(=O)O. The summed E-state index contributed by atoms with van der Waals surface area (Å²) in [5.74, 6) is -0.829. The van der Waals surface area contributed by atoms with Gasteiger partial charge in [-0.05, 0) is 24.9 Å². The van der Waals surface area contributed by atoms with E-state index in [1.807, 2.05) is 18.2 Å². The van der Waals surface area contributed by atoms with Crippen LogP contribution < -0.4 is 0 Å². The summed E-state index contributed by atoms with van der Waals surface area (Å²) >= 11 is 0. The van der Waals surface area contributed by atoms with E-state index in [4.69, 9.17) is 0 Å². The second-order valence-corrected chi connectivity index (χ2v) is 5.70. The monoisotopic (exact) mass is 275 g/mol. The molecule has 20 heavy (non-hydrogen) atoms. The van der Waals surface area contributed by atoms with Gasteiger partial charge < -0.3 is 5.11 Å². The van der Waals surface area contributed by atoms with Crippen molar-refractivity contribution in [3.05, 3.63) is 35.9 Å². The fourth-order valence-electron chi connectivity index (χ4n) is 3.29. The van der Waals surface area contributed by atoms with E-state index in [1.165, 1.54) is 12.0 Å². The van der Waals surface area contributed by atoms with Crippen molar-refractivity contribution in [1.29, 1.82) is 0 Å². The summed E-state index contributed by atoms with van der Waals surface area (Å²) in [4.78, 5) is 13.9. The minimum absolute atomic E-state index is 0.181. The molecule has 110 valence electrons. The van der Waals surface area contributed by atoms with E-state index in [0.29, 0.717) is 0 Å². The van der Waals surface area contributed by atoms with Gasteiger partial charge in [-0.3, -0.25) is 9.69 Å². The Labute approximate surface area is 121 Å². The van der Waals surface area contributed by atoms with Crippen molar-refractivity contribution < 1.29 is 9.90 Å². The van der Waals surface area contributed by atoms with Crippen LogP contribution >= 0.6 is 0 Å². The topological polar surface area (TPSA) is 40.5 Å². The Morgan fingerprint density at radius 3 is 2.55 bits per heavy atom. The van der Waals surface area contributed by atoms with Crippen LogP contribution in [0.2, 0.25) is 0 Å². The zero-order chi connectivity index (χ0) is 14.4. The first kappa shape index (κ1) is 15.0. The molecule has 0 spiro atoms. The Kier molecular flexibility index (Phi) is 5.60. The van der Waals surface area contributed by atoms with Gasteiger partial charge in [0.1, 0.15) is 0 Å². The lowest BCUT2D eigenvalue weighted by Crippen LogP contribution is -2.42. The molecule has 1 N–H and O–H groups in total. The lowest BCUT2D eigenvalue weighted by molar-refractivity contribution is -0.144. The third-order valence-electron chi connectivity index (χ3n) is 4.40. The second-order valence-electron chi connectivity index (χ2n) is 5.70. The first-order chi connectivity index (χ1) is 9.72. The van der Waals surface area contributed by atoms with E-state index in [0.717, 1.165) is 38.8 Å². The fourth-order valence-corrected chi connectivity index (χ4v) is 3.29. The second kappa shape index (κ2) is 7.44. The van der Waals surface area contributed by atoms with Crippen LogP contribution in [0.25, 0.3) is 0 Å². The Hall–Kier alpha value is -1.35. The number of aliphatic carboxylic acids is 1. The van der Waals surface area contributed by atoms with Crippen molar-refractivity contribution in [2.24, 2.45) is 5.92 Å². The molecule has 0 heterocycles. The number of carboxylic acids is 1. The van der Waals surface area contributed by atoms with Gasteiger partial charge in [0.05, 0.1) is 5.92 Å². The Morgan fingerprint density at radius 1 is 1.20 bits per heavy atom. The summed E-state index contributed by atoms with van der Waals surface area (Å²) in [7, 11) is 0. The van der Waals surface area contributed by atoms with Gasteiger partial charge in [-0.2, -0.15) is 0 Å². The molecule has 0 aliphatic heterocycles. The maximum Gasteiger partial charge on any atom is 0.308 e. The van der Waals surface area contributed by atoms with E-state index in [-0.39, 0.29) is 12.0 Å². The molecule has 0 bridgehead atoms. The molecule has 3 nitrogen and oxygen atoms in total. The molecular formula is C17H25NO2. The smallest absolute Gasteiger partial charge is 0.308 e. The Morgan fingerprint density at radius 2 is 1.90 bits per heavy atom. The summed E-state index contributed by atoms with van der Waals surface area (Å²) in [5, 5.41) is 9.52. The van der Waals surface area contributed by atoms with E-state index in [9.17, 15) is 9.90 Å². The maximum absolute atomic E-state index is 11.6. The van der Waals surface area contributed by atoms with Crippen LogP contribution in [0, 0.1) is 5.92 Å². The van der Waals surface area contributed by atoms with E-state index in [2.05, 4.69) is 24.0 Å². The highest BCUT2D eigenvalue weighted by molar-refractivity contribution is 5.70. The van der Waals surface area contributed by atoms with Gasteiger partial charge in [0, 0.05) is 12.6 Å². The predicted molar refractivity (Wildman–Crippen MR) is 80.5 cm³/mol. The van der Waals surface area contributed by atoms with Crippen LogP contribution in [-0.4, -0.2) is 28.6 Å². The van der Waals surface area contributed by atoms with Crippen LogP contribution in [0.3, 0.4) is 0 Å². The fraction of sp³-hybridized carbons (Fsp3) is 0.588. The van der Waals surface area contributed by atoms with Gasteiger partial charge >= 0.3 is 5.97 Å². The summed E-state index contributed by atoms with van der Waals surface area (Å²) in [6.45, 7) is 3.89. The van der Waals surface area contributed by atoms with Crippen molar-refractivity contribution in [3.63, 3.8) is 0 Å². The molecule has 2 atom stereocenters. The lowest BCUT2D eigenvalue weighted by Gasteiger charge is -2.33. The minimum Gasteiger partial charge on any atom is -0.481 e. The molecule has 1 aliphatic rings. The summed E-state index contributed by atoms with van der Waals surface area (Å²) in [6.07, 6.45) is 5.21. The molecular weight excluding hydrogens is 250 g/mol. The third-order valence-corrected chi connectivity index (χ3v) is 4.40. The van der Waals surface area contributed by atoms with Crippen LogP contribution in [0.5, 0.6) is 0 Å². The van der Waals surface area contributed by atoms with Crippen LogP contribution in [0.1, 0.15) is 44.6 Å². The minimum atomic E-state index is -0.622. The molecule has 1 saturated carbocycles. The number of benzene rings is 1. The summed E-state index contributed by atoms with van der Waals surface area (Å²) < 4.78 is 0. The van der Waals surface area contributed by atoms with Crippen molar-refractivity contribution in [3.8, 4) is 0 Å². The van der Waals surface area contributed by atoms with Gasteiger partial charge in [0.25, 0.3) is 0 Å². The van der Waals surface area contributed by atoms with Gasteiger partial charge in [0.2, 0.25) is 0 Å². The standard InChI is InChI=1S/C17H25NO2/c1-2-18(13-14-9-5-3-6-10-14)16-12-8-4-7-11-15(16)17(19)20/h3,5-6,9-10,15-16H,2,4,7-8,11-13H2,1H3,(H,19,20). The van der Waals surface area contributed by atoms with Crippen molar-refractivity contribution >= 4 is 5.97 Å². The zero-order valence-corrected chi connectivity index (χ0v) is 12.3. The van der Waals surface area contributed by atoms with Crippen molar-refractivity contribution in [2.75, 3.05) is 6.54 Å². The Balaban J connectivity index is 2.12. The molecule has 1 aromatic rings. The molecule has 2 rings (SSSR count). The highest BCUT2D eigenvalue weighted by Gasteiger charge is 2.32. The number of carboxylic acid groups (broad SMARTS) is 1. The molecule has 0 amide bonds. The molecule has 2 unspecified atom stereocenters.